The van der Waals surface area contributed by atoms with E-state index in [0.717, 1.165) is 42.8 Å². The normalized spacial score (nSPS) is 10.1. The lowest BCUT2D eigenvalue weighted by atomic mass is 10.1. The summed E-state index contributed by atoms with van der Waals surface area (Å²) in [6.07, 6.45) is 4.37. The van der Waals surface area contributed by atoms with E-state index in [9.17, 15) is 0 Å². The van der Waals surface area contributed by atoms with E-state index in [2.05, 4.69) is 4.98 Å². The zero-order valence-corrected chi connectivity index (χ0v) is 8.59. The molecule has 0 aliphatic rings. The molecule has 0 fully saturated rings. The first-order chi connectivity index (χ1) is 6.77. The quantitative estimate of drug-likeness (QED) is 0.549. The third-order valence-corrected chi connectivity index (χ3v) is 2.22. The van der Waals surface area contributed by atoms with E-state index in [0.29, 0.717) is 0 Å². The predicted octanol–water partition coefficient (Wildman–Crippen LogP) is 1.67. The molecule has 3 nitrogen and oxygen atoms in total. The summed E-state index contributed by atoms with van der Waals surface area (Å²) in [5.74, 6) is 0. The molecule has 0 aromatic carbocycles. The second-order valence-electron chi connectivity index (χ2n) is 3.39. The molecule has 1 heterocycles. The number of nitrogens with one attached hydrogen (secondary N) is 1. The predicted molar refractivity (Wildman–Crippen MR) is 58.9 cm³/mol. The van der Waals surface area contributed by atoms with Crippen LogP contribution >= 0.6 is 0 Å². The maximum atomic E-state index is 7.19. The Labute approximate surface area is 84.9 Å². The first-order valence-electron chi connectivity index (χ1n) is 4.95. The average Bonchev–Trinajstić information content (AvgIpc) is 2.21. The van der Waals surface area contributed by atoms with Crippen LogP contribution < -0.4 is 5.73 Å². The monoisotopic (exact) mass is 191 g/mol. The Kier molecular flexibility index (Phi) is 4.26. The molecule has 1 aromatic heterocycles. The molecule has 0 saturated carbocycles. The van der Waals surface area contributed by atoms with Gasteiger partial charge in [0.15, 0.2) is 0 Å². The molecular formula is C11H17N3. The van der Waals surface area contributed by atoms with E-state index >= 15 is 0 Å². The van der Waals surface area contributed by atoms with Gasteiger partial charge in [-0.25, -0.2) is 0 Å². The smallest absolute Gasteiger partial charge is 0.0837 e. The van der Waals surface area contributed by atoms with Gasteiger partial charge in [0.25, 0.3) is 0 Å². The number of aromatic nitrogens is 1. The number of unbranched alkanes of at least 4 members (excludes halogenated alkanes) is 1. The van der Waals surface area contributed by atoms with Gasteiger partial charge in [-0.1, -0.05) is 6.07 Å². The van der Waals surface area contributed by atoms with Crippen molar-refractivity contribution in [2.45, 2.75) is 26.2 Å². The van der Waals surface area contributed by atoms with Crippen LogP contribution in [-0.4, -0.2) is 17.7 Å². The van der Waals surface area contributed by atoms with Gasteiger partial charge in [-0.3, -0.25) is 4.98 Å². The molecular weight excluding hydrogens is 174 g/mol. The highest BCUT2D eigenvalue weighted by Crippen LogP contribution is 2.07. The van der Waals surface area contributed by atoms with Crippen molar-refractivity contribution in [1.82, 2.24) is 4.98 Å². The number of aryl methyl sites for hydroxylation is 2. The maximum absolute atomic E-state index is 7.19. The molecule has 1 rings (SSSR count). The highest BCUT2D eigenvalue weighted by Gasteiger charge is 1.99. The molecule has 0 spiro atoms. The van der Waals surface area contributed by atoms with Gasteiger partial charge in [0.1, 0.15) is 0 Å². The first-order valence-corrected chi connectivity index (χ1v) is 4.95. The summed E-state index contributed by atoms with van der Waals surface area (Å²) in [4.78, 5) is 4.38. The Morgan fingerprint density at radius 2 is 2.21 bits per heavy atom. The fraction of sp³-hybridized carbons (Fsp3) is 0.455. The standard InChI is InChI=1S/C11H17N3/c1-9-5-6-10(4-2-3-7-12)14-11(9)8-13/h5-6,8,13H,2-4,7,12H2,1H3. The second kappa shape index (κ2) is 5.50. The largest absolute Gasteiger partial charge is 0.330 e. The second-order valence-corrected chi connectivity index (χ2v) is 3.39. The zero-order valence-electron chi connectivity index (χ0n) is 8.59. The molecule has 14 heavy (non-hydrogen) atoms. The number of hydrogen-bond donors (Lipinski definition) is 2. The molecule has 0 aliphatic carbocycles. The number of rotatable bonds is 5. The fourth-order valence-electron chi connectivity index (χ4n) is 1.32. The van der Waals surface area contributed by atoms with Gasteiger partial charge in [0, 0.05) is 11.9 Å². The van der Waals surface area contributed by atoms with E-state index in [-0.39, 0.29) is 0 Å². The van der Waals surface area contributed by atoms with Crippen LogP contribution in [0.3, 0.4) is 0 Å². The van der Waals surface area contributed by atoms with Crippen LogP contribution in [0.25, 0.3) is 0 Å². The fourth-order valence-corrected chi connectivity index (χ4v) is 1.32. The SMILES string of the molecule is Cc1ccc(CCCCN)nc1C=N. The Morgan fingerprint density at radius 1 is 1.43 bits per heavy atom. The van der Waals surface area contributed by atoms with Crippen molar-refractivity contribution in [3.05, 3.63) is 29.1 Å². The minimum absolute atomic E-state index is 0.739. The number of hydrogen-bond acceptors (Lipinski definition) is 3. The van der Waals surface area contributed by atoms with Crippen molar-refractivity contribution in [3.8, 4) is 0 Å². The lowest BCUT2D eigenvalue weighted by Gasteiger charge is -2.03. The highest BCUT2D eigenvalue weighted by atomic mass is 14.7. The molecule has 76 valence electrons. The summed E-state index contributed by atoms with van der Waals surface area (Å²) in [6, 6.07) is 4.05. The first kappa shape index (κ1) is 10.9. The van der Waals surface area contributed by atoms with Crippen LogP contribution in [0.1, 0.15) is 29.8 Å². The third-order valence-electron chi connectivity index (χ3n) is 2.22. The molecule has 3 N–H and O–H groups in total. The van der Waals surface area contributed by atoms with Gasteiger partial charge < -0.3 is 11.1 Å². The number of pyridine rings is 1. The lowest BCUT2D eigenvalue weighted by Crippen LogP contribution is -2.01. The van der Waals surface area contributed by atoms with Crippen molar-refractivity contribution in [3.63, 3.8) is 0 Å². The van der Waals surface area contributed by atoms with Gasteiger partial charge in [-0.15, -0.1) is 0 Å². The van der Waals surface area contributed by atoms with Crippen molar-refractivity contribution >= 4 is 6.21 Å². The van der Waals surface area contributed by atoms with Crippen molar-refractivity contribution in [2.24, 2.45) is 5.73 Å². The molecule has 0 atom stereocenters. The van der Waals surface area contributed by atoms with Crippen LogP contribution in [0, 0.1) is 12.3 Å². The molecule has 1 aromatic rings. The Bertz CT molecular complexity index is 307. The molecule has 0 aliphatic heterocycles. The third kappa shape index (κ3) is 2.92. The Hall–Kier alpha value is -1.22. The van der Waals surface area contributed by atoms with Crippen LogP contribution in [0.15, 0.2) is 12.1 Å². The zero-order chi connectivity index (χ0) is 10.4. The van der Waals surface area contributed by atoms with Crippen LogP contribution in [-0.2, 0) is 6.42 Å². The summed E-state index contributed by atoms with van der Waals surface area (Å²) in [7, 11) is 0. The minimum atomic E-state index is 0.739. The molecule has 0 radical (unpaired) electrons. The summed E-state index contributed by atoms with van der Waals surface area (Å²) in [6.45, 7) is 2.71. The minimum Gasteiger partial charge on any atom is -0.330 e. The van der Waals surface area contributed by atoms with E-state index < -0.39 is 0 Å². The summed E-state index contributed by atoms with van der Waals surface area (Å²) in [5.41, 5.74) is 8.31. The molecule has 3 heteroatoms. The molecule has 0 saturated heterocycles. The number of nitrogens with two attached hydrogens (primary N) is 1. The van der Waals surface area contributed by atoms with Gasteiger partial charge in [-0.05, 0) is 44.4 Å². The number of nitrogens with zero attached hydrogens (tertiary/aromatic N) is 1. The maximum Gasteiger partial charge on any atom is 0.0837 e. The van der Waals surface area contributed by atoms with Crippen LogP contribution in [0.4, 0.5) is 0 Å². The lowest BCUT2D eigenvalue weighted by molar-refractivity contribution is 0.732. The van der Waals surface area contributed by atoms with Gasteiger partial charge >= 0.3 is 0 Å². The molecule has 0 amide bonds. The topological polar surface area (TPSA) is 62.8 Å². The van der Waals surface area contributed by atoms with E-state index in [4.69, 9.17) is 11.1 Å². The molecule has 0 unspecified atom stereocenters. The van der Waals surface area contributed by atoms with Crippen molar-refractivity contribution in [1.29, 1.82) is 5.41 Å². The summed E-state index contributed by atoms with van der Waals surface area (Å²) >= 11 is 0. The summed E-state index contributed by atoms with van der Waals surface area (Å²) < 4.78 is 0. The molecule has 0 bridgehead atoms. The van der Waals surface area contributed by atoms with Gasteiger partial charge in [0.05, 0.1) is 5.69 Å². The van der Waals surface area contributed by atoms with E-state index in [1.54, 1.807) is 0 Å². The van der Waals surface area contributed by atoms with Crippen molar-refractivity contribution in [2.75, 3.05) is 6.54 Å². The van der Waals surface area contributed by atoms with Crippen LogP contribution in [0.2, 0.25) is 0 Å². The summed E-state index contributed by atoms with van der Waals surface area (Å²) in [5, 5.41) is 7.19. The van der Waals surface area contributed by atoms with E-state index in [1.165, 1.54) is 6.21 Å². The van der Waals surface area contributed by atoms with Crippen LogP contribution in [0.5, 0.6) is 0 Å². The van der Waals surface area contributed by atoms with E-state index in [1.807, 2.05) is 19.1 Å². The average molecular weight is 191 g/mol. The van der Waals surface area contributed by atoms with Gasteiger partial charge in [0.2, 0.25) is 0 Å². The Morgan fingerprint density at radius 3 is 2.86 bits per heavy atom. The van der Waals surface area contributed by atoms with Crippen molar-refractivity contribution < 1.29 is 0 Å². The Balaban J connectivity index is 2.64. The highest BCUT2D eigenvalue weighted by molar-refractivity contribution is 5.76. The van der Waals surface area contributed by atoms with Gasteiger partial charge in [-0.2, -0.15) is 0 Å².